The molecule has 2 nitrogen and oxygen atoms in total. The monoisotopic (exact) mass is 245 g/mol. The third kappa shape index (κ3) is 3.05. The van der Waals surface area contributed by atoms with Gasteiger partial charge in [-0.1, -0.05) is 19.1 Å². The number of hydrogen-bond donors (Lipinski definition) is 1. The summed E-state index contributed by atoms with van der Waals surface area (Å²) in [6.07, 6.45) is -3.43. The second-order valence-corrected chi connectivity index (χ2v) is 4.38. The molecule has 1 atom stereocenters. The predicted molar refractivity (Wildman–Crippen MR) is 59.3 cm³/mol. The second-order valence-electron chi connectivity index (χ2n) is 4.38. The van der Waals surface area contributed by atoms with Crippen LogP contribution >= 0.6 is 0 Å². The smallest absolute Gasteiger partial charge is 0.422 e. The minimum absolute atomic E-state index is 0.284. The van der Waals surface area contributed by atoms with Crippen LogP contribution in [0.5, 0.6) is 5.75 Å². The Balaban J connectivity index is 2.16. The Hall–Kier alpha value is -1.39. The van der Waals surface area contributed by atoms with Gasteiger partial charge in [-0.05, 0) is 24.0 Å². The molecule has 0 amide bonds. The topological polar surface area (TPSA) is 21.3 Å². The van der Waals surface area contributed by atoms with Crippen molar-refractivity contribution in [3.63, 3.8) is 0 Å². The van der Waals surface area contributed by atoms with Gasteiger partial charge >= 0.3 is 6.18 Å². The molecule has 17 heavy (non-hydrogen) atoms. The zero-order valence-corrected chi connectivity index (χ0v) is 9.47. The Bertz CT molecular complexity index is 403. The van der Waals surface area contributed by atoms with Crippen LogP contribution in [0.1, 0.15) is 12.5 Å². The van der Waals surface area contributed by atoms with Gasteiger partial charge in [-0.3, -0.25) is 0 Å². The van der Waals surface area contributed by atoms with E-state index in [-0.39, 0.29) is 5.75 Å². The summed E-state index contributed by atoms with van der Waals surface area (Å²) < 4.78 is 41.1. The van der Waals surface area contributed by atoms with Crippen LogP contribution in [-0.2, 0) is 6.42 Å². The summed E-state index contributed by atoms with van der Waals surface area (Å²) in [7, 11) is 0. The molecule has 1 aromatic carbocycles. The van der Waals surface area contributed by atoms with Crippen molar-refractivity contribution >= 4 is 5.69 Å². The predicted octanol–water partition coefficient (Wildman–Crippen LogP) is 3.23. The summed E-state index contributed by atoms with van der Waals surface area (Å²) >= 11 is 0. The third-order valence-corrected chi connectivity index (χ3v) is 2.70. The molecular formula is C12H14F3NO. The van der Waals surface area contributed by atoms with Gasteiger partial charge in [0.05, 0.1) is 5.69 Å². The van der Waals surface area contributed by atoms with E-state index < -0.39 is 12.8 Å². The molecule has 0 saturated carbocycles. The second kappa shape index (κ2) is 4.47. The molecule has 0 saturated heterocycles. The van der Waals surface area contributed by atoms with Crippen molar-refractivity contribution in [2.75, 3.05) is 18.5 Å². The van der Waals surface area contributed by atoms with E-state index >= 15 is 0 Å². The summed E-state index contributed by atoms with van der Waals surface area (Å²) in [6, 6.07) is 5.20. The fourth-order valence-electron chi connectivity index (χ4n) is 1.95. The van der Waals surface area contributed by atoms with Gasteiger partial charge in [0.1, 0.15) is 5.75 Å². The zero-order chi connectivity index (χ0) is 12.5. The van der Waals surface area contributed by atoms with E-state index in [1.807, 2.05) is 6.07 Å². The van der Waals surface area contributed by atoms with Crippen molar-refractivity contribution in [1.82, 2.24) is 0 Å². The summed E-state index contributed by atoms with van der Waals surface area (Å²) in [5.74, 6) is 0.770. The number of alkyl halides is 3. The Labute approximate surface area is 97.8 Å². The highest BCUT2D eigenvalue weighted by Gasteiger charge is 2.29. The lowest BCUT2D eigenvalue weighted by molar-refractivity contribution is -0.153. The lowest BCUT2D eigenvalue weighted by Crippen LogP contribution is -2.23. The van der Waals surface area contributed by atoms with Gasteiger partial charge in [-0.15, -0.1) is 0 Å². The van der Waals surface area contributed by atoms with Gasteiger partial charge < -0.3 is 10.1 Å². The molecule has 0 fully saturated rings. The molecule has 1 N–H and O–H groups in total. The molecule has 94 valence electrons. The number of fused-ring (bicyclic) bond motifs is 1. The standard InChI is InChI=1S/C12H14F3NO/c1-8-5-9-3-2-4-10(11(9)16-6-8)17-7-12(13,14)15/h2-4,8,16H,5-7H2,1H3. The maximum absolute atomic E-state index is 12.1. The molecular weight excluding hydrogens is 231 g/mol. The van der Waals surface area contributed by atoms with E-state index in [2.05, 4.69) is 12.2 Å². The SMILES string of the molecule is CC1CNc2c(cccc2OCC(F)(F)F)C1. The quantitative estimate of drug-likeness (QED) is 0.863. The summed E-state index contributed by atoms with van der Waals surface area (Å²) in [5.41, 5.74) is 1.72. The highest BCUT2D eigenvalue weighted by molar-refractivity contribution is 5.63. The lowest BCUT2D eigenvalue weighted by atomic mass is 9.95. The number of nitrogens with one attached hydrogen (secondary N) is 1. The zero-order valence-electron chi connectivity index (χ0n) is 9.47. The molecule has 1 aliphatic rings. The van der Waals surface area contributed by atoms with Crippen LogP contribution in [0.15, 0.2) is 18.2 Å². The molecule has 0 aromatic heterocycles. The van der Waals surface area contributed by atoms with Gasteiger partial charge in [0.15, 0.2) is 6.61 Å². The molecule has 1 aliphatic heterocycles. The van der Waals surface area contributed by atoms with E-state index in [9.17, 15) is 13.2 Å². The fourth-order valence-corrected chi connectivity index (χ4v) is 1.95. The van der Waals surface area contributed by atoms with Gasteiger partial charge in [-0.2, -0.15) is 13.2 Å². The Morgan fingerprint density at radius 3 is 2.88 bits per heavy atom. The van der Waals surface area contributed by atoms with Crippen LogP contribution in [-0.4, -0.2) is 19.3 Å². The first kappa shape index (κ1) is 12.1. The van der Waals surface area contributed by atoms with Gasteiger partial charge in [0.25, 0.3) is 0 Å². The lowest BCUT2D eigenvalue weighted by Gasteiger charge is -2.25. The van der Waals surface area contributed by atoms with Crippen LogP contribution in [0.25, 0.3) is 0 Å². The molecule has 1 aromatic rings. The van der Waals surface area contributed by atoms with Crippen molar-refractivity contribution in [2.24, 2.45) is 5.92 Å². The molecule has 5 heteroatoms. The van der Waals surface area contributed by atoms with Crippen molar-refractivity contribution in [2.45, 2.75) is 19.5 Å². The number of hydrogen-bond acceptors (Lipinski definition) is 2. The van der Waals surface area contributed by atoms with Crippen molar-refractivity contribution in [3.8, 4) is 5.75 Å². The van der Waals surface area contributed by atoms with Gasteiger partial charge in [0, 0.05) is 6.54 Å². The van der Waals surface area contributed by atoms with Gasteiger partial charge in [-0.25, -0.2) is 0 Å². The van der Waals surface area contributed by atoms with Crippen LogP contribution in [0.2, 0.25) is 0 Å². The average molecular weight is 245 g/mol. The maximum Gasteiger partial charge on any atom is 0.422 e. The third-order valence-electron chi connectivity index (χ3n) is 2.70. The first-order chi connectivity index (χ1) is 7.96. The minimum Gasteiger partial charge on any atom is -0.482 e. The normalized spacial score (nSPS) is 19.4. The molecule has 0 bridgehead atoms. The first-order valence-corrected chi connectivity index (χ1v) is 5.51. The maximum atomic E-state index is 12.1. The molecule has 0 radical (unpaired) electrons. The van der Waals surface area contributed by atoms with E-state index in [1.54, 1.807) is 12.1 Å². The van der Waals surface area contributed by atoms with E-state index in [0.717, 1.165) is 18.5 Å². The summed E-state index contributed by atoms with van der Waals surface area (Å²) in [4.78, 5) is 0. The van der Waals surface area contributed by atoms with Crippen molar-refractivity contribution in [1.29, 1.82) is 0 Å². The molecule has 1 unspecified atom stereocenters. The number of anilines is 1. The molecule has 2 rings (SSSR count). The van der Waals surface area contributed by atoms with Crippen LogP contribution in [0, 0.1) is 5.92 Å². The first-order valence-electron chi connectivity index (χ1n) is 5.51. The largest absolute Gasteiger partial charge is 0.482 e. The average Bonchev–Trinajstić information content (AvgIpc) is 2.24. The Kier molecular flexibility index (Phi) is 3.17. The number of benzene rings is 1. The van der Waals surface area contributed by atoms with Gasteiger partial charge in [0.2, 0.25) is 0 Å². The van der Waals surface area contributed by atoms with E-state index in [1.165, 1.54) is 0 Å². The number of ether oxygens (including phenoxy) is 1. The minimum atomic E-state index is -4.30. The van der Waals surface area contributed by atoms with E-state index in [0.29, 0.717) is 11.6 Å². The molecule has 0 spiro atoms. The van der Waals surface area contributed by atoms with Crippen molar-refractivity contribution < 1.29 is 17.9 Å². The molecule has 1 heterocycles. The van der Waals surface area contributed by atoms with Crippen molar-refractivity contribution in [3.05, 3.63) is 23.8 Å². The van der Waals surface area contributed by atoms with Crippen LogP contribution in [0.3, 0.4) is 0 Å². The Morgan fingerprint density at radius 1 is 1.41 bits per heavy atom. The number of para-hydroxylation sites is 1. The molecule has 0 aliphatic carbocycles. The number of rotatable bonds is 2. The number of halogens is 3. The fraction of sp³-hybridized carbons (Fsp3) is 0.500. The van der Waals surface area contributed by atoms with Crippen LogP contribution < -0.4 is 10.1 Å². The van der Waals surface area contributed by atoms with E-state index in [4.69, 9.17) is 4.74 Å². The summed E-state index contributed by atoms with van der Waals surface area (Å²) in [5, 5.41) is 3.12. The summed E-state index contributed by atoms with van der Waals surface area (Å²) in [6.45, 7) is 1.61. The highest BCUT2D eigenvalue weighted by Crippen LogP contribution is 2.34. The highest BCUT2D eigenvalue weighted by atomic mass is 19.4. The van der Waals surface area contributed by atoms with Crippen LogP contribution in [0.4, 0.5) is 18.9 Å². The Morgan fingerprint density at radius 2 is 2.18 bits per heavy atom.